The molecule has 1 atom stereocenters. The average Bonchev–Trinajstić information content (AvgIpc) is 2.80. The maximum Gasteiger partial charge on any atom is 0.328 e. The fourth-order valence-electron chi connectivity index (χ4n) is 1.92. The Morgan fingerprint density at radius 3 is 2.78 bits per heavy atom. The molecule has 5 heteroatoms. The van der Waals surface area contributed by atoms with Crippen LogP contribution in [0.1, 0.15) is 12.0 Å². The number of hydrogen-bond acceptors (Lipinski definition) is 4. The molecule has 0 amide bonds. The van der Waals surface area contributed by atoms with Gasteiger partial charge in [0.2, 0.25) is 0 Å². The minimum absolute atomic E-state index is 0.232. The van der Waals surface area contributed by atoms with Crippen LogP contribution in [-0.4, -0.2) is 34.7 Å². The zero-order valence-electron chi connectivity index (χ0n) is 9.70. The molecular weight excluding hydrogens is 234 g/mol. The highest BCUT2D eigenvalue weighted by Crippen LogP contribution is 2.22. The van der Waals surface area contributed by atoms with E-state index in [2.05, 4.69) is 0 Å². The molecule has 0 spiro atoms. The van der Waals surface area contributed by atoms with E-state index in [4.69, 9.17) is 9.94 Å². The Labute approximate surface area is 104 Å². The summed E-state index contributed by atoms with van der Waals surface area (Å²) in [6.45, 7) is 0.686. The minimum Gasteiger partial charge on any atom is -0.480 e. The largest absolute Gasteiger partial charge is 0.480 e. The first-order valence-corrected chi connectivity index (χ1v) is 5.62. The molecule has 1 fully saturated rings. The summed E-state index contributed by atoms with van der Waals surface area (Å²) >= 11 is 0. The number of carbonyl (C=O) groups excluding carboxylic acids is 1. The molecule has 5 nitrogen and oxygen atoms in total. The van der Waals surface area contributed by atoms with Crippen LogP contribution in [0.5, 0.6) is 0 Å². The first-order chi connectivity index (χ1) is 8.72. The number of carbonyl (C=O) groups is 1. The summed E-state index contributed by atoms with van der Waals surface area (Å²) in [4.78, 5) is 27.2. The fraction of sp³-hybridized carbons (Fsp3) is 0.308. The van der Waals surface area contributed by atoms with Crippen LogP contribution < -0.4 is 0 Å². The topological polar surface area (TPSA) is 66.8 Å². The number of aliphatic carboxylic acids is 1. The molecular formula is C13H13NO4. The highest BCUT2D eigenvalue weighted by Gasteiger charge is 2.37. The molecule has 1 aromatic rings. The molecule has 1 aliphatic rings. The van der Waals surface area contributed by atoms with Crippen LogP contribution in [0.3, 0.4) is 0 Å². The van der Waals surface area contributed by atoms with Gasteiger partial charge in [-0.3, -0.25) is 9.63 Å². The van der Waals surface area contributed by atoms with Crippen molar-refractivity contribution < 1.29 is 19.5 Å². The van der Waals surface area contributed by atoms with E-state index in [1.165, 1.54) is 5.06 Å². The number of hydrogen-bond donors (Lipinski definition) is 1. The van der Waals surface area contributed by atoms with E-state index in [1.54, 1.807) is 5.94 Å². The first kappa shape index (κ1) is 12.5. The van der Waals surface area contributed by atoms with Crippen LogP contribution in [0.2, 0.25) is 0 Å². The minimum atomic E-state index is -1.08. The lowest BCUT2D eigenvalue weighted by molar-refractivity contribution is -0.189. The molecule has 1 aliphatic heterocycles. The molecule has 0 aromatic heterocycles. The summed E-state index contributed by atoms with van der Waals surface area (Å²) in [6, 6.07) is 8.44. The van der Waals surface area contributed by atoms with Gasteiger partial charge in [-0.2, -0.15) is 5.06 Å². The quantitative estimate of drug-likeness (QED) is 0.805. The summed E-state index contributed by atoms with van der Waals surface area (Å²) in [5, 5.41) is 10.4. The molecule has 1 saturated heterocycles. The molecule has 0 radical (unpaired) electrons. The molecule has 0 bridgehead atoms. The van der Waals surface area contributed by atoms with Crippen molar-refractivity contribution in [3.05, 3.63) is 41.5 Å². The van der Waals surface area contributed by atoms with Crippen molar-refractivity contribution in [2.45, 2.75) is 19.1 Å². The van der Waals surface area contributed by atoms with Crippen LogP contribution in [0.25, 0.3) is 0 Å². The first-order valence-electron chi connectivity index (χ1n) is 5.62. The zero-order valence-corrected chi connectivity index (χ0v) is 9.70. The average molecular weight is 247 g/mol. The Balaban J connectivity index is 2.01. The van der Waals surface area contributed by atoms with Gasteiger partial charge in [0.25, 0.3) is 0 Å². The van der Waals surface area contributed by atoms with Crippen molar-refractivity contribution in [2.24, 2.45) is 0 Å². The van der Waals surface area contributed by atoms with Crippen molar-refractivity contribution in [3.63, 3.8) is 0 Å². The van der Waals surface area contributed by atoms with Crippen LogP contribution in [0, 0.1) is 0 Å². The van der Waals surface area contributed by atoms with E-state index in [0.717, 1.165) is 5.56 Å². The number of carboxylic acid groups (broad SMARTS) is 1. The van der Waals surface area contributed by atoms with E-state index in [-0.39, 0.29) is 12.2 Å². The summed E-state index contributed by atoms with van der Waals surface area (Å²) in [5.74, 6) is 0.603. The van der Waals surface area contributed by atoms with E-state index in [0.29, 0.717) is 13.0 Å². The van der Waals surface area contributed by atoms with Gasteiger partial charge in [0, 0.05) is 12.1 Å². The SMILES string of the molecule is O=C=C1CCN(OCc2ccccc2)[C@@H]1C(=O)O. The molecule has 18 heavy (non-hydrogen) atoms. The van der Waals surface area contributed by atoms with Gasteiger partial charge in [0.05, 0.1) is 6.61 Å². The van der Waals surface area contributed by atoms with Gasteiger partial charge in [-0.1, -0.05) is 30.3 Å². The summed E-state index contributed by atoms with van der Waals surface area (Å²) in [5.41, 5.74) is 1.18. The maximum atomic E-state index is 11.1. The lowest BCUT2D eigenvalue weighted by Gasteiger charge is -2.20. The summed E-state index contributed by atoms with van der Waals surface area (Å²) < 4.78 is 0. The van der Waals surface area contributed by atoms with E-state index < -0.39 is 12.0 Å². The second kappa shape index (κ2) is 5.60. The number of nitrogens with zero attached hydrogens (tertiary/aromatic N) is 1. The Kier molecular flexibility index (Phi) is 3.89. The smallest absolute Gasteiger partial charge is 0.328 e. The zero-order chi connectivity index (χ0) is 13.0. The monoisotopic (exact) mass is 247 g/mol. The van der Waals surface area contributed by atoms with Crippen LogP contribution in [-0.2, 0) is 21.0 Å². The van der Waals surface area contributed by atoms with Crippen molar-refractivity contribution in [3.8, 4) is 0 Å². The van der Waals surface area contributed by atoms with Crippen molar-refractivity contribution in [2.75, 3.05) is 6.54 Å². The number of benzene rings is 1. The lowest BCUT2D eigenvalue weighted by atomic mass is 10.1. The normalized spacial score (nSPS) is 19.8. The molecule has 94 valence electrons. The number of rotatable bonds is 4. The fourth-order valence-corrected chi connectivity index (χ4v) is 1.92. The summed E-state index contributed by atoms with van der Waals surface area (Å²) in [6.07, 6.45) is 0.384. The van der Waals surface area contributed by atoms with Gasteiger partial charge in [-0.25, -0.2) is 4.79 Å². The van der Waals surface area contributed by atoms with E-state index in [1.807, 2.05) is 30.3 Å². The Morgan fingerprint density at radius 1 is 1.44 bits per heavy atom. The Bertz CT molecular complexity index is 479. The third-order valence-electron chi connectivity index (χ3n) is 2.82. The van der Waals surface area contributed by atoms with Gasteiger partial charge in [0.1, 0.15) is 5.94 Å². The van der Waals surface area contributed by atoms with Crippen molar-refractivity contribution in [1.29, 1.82) is 0 Å². The molecule has 2 rings (SSSR count). The Hall–Kier alpha value is -1.94. The molecule has 1 aromatic carbocycles. The van der Waals surface area contributed by atoms with E-state index >= 15 is 0 Å². The van der Waals surface area contributed by atoms with E-state index in [9.17, 15) is 9.59 Å². The maximum absolute atomic E-state index is 11.1. The van der Waals surface area contributed by atoms with Crippen LogP contribution >= 0.6 is 0 Å². The molecule has 0 aliphatic carbocycles. The highest BCUT2D eigenvalue weighted by atomic mass is 16.7. The highest BCUT2D eigenvalue weighted by molar-refractivity contribution is 5.81. The van der Waals surface area contributed by atoms with Gasteiger partial charge < -0.3 is 5.11 Å². The summed E-state index contributed by atoms with van der Waals surface area (Å²) in [7, 11) is 0. The molecule has 1 heterocycles. The van der Waals surface area contributed by atoms with Crippen molar-refractivity contribution >= 4 is 11.9 Å². The second-order valence-electron chi connectivity index (χ2n) is 4.02. The molecule has 0 saturated carbocycles. The molecule has 1 N–H and O–H groups in total. The lowest BCUT2D eigenvalue weighted by Crippen LogP contribution is -2.36. The predicted octanol–water partition coefficient (Wildman–Crippen LogP) is 1.04. The second-order valence-corrected chi connectivity index (χ2v) is 4.02. The molecule has 0 unspecified atom stereocenters. The van der Waals surface area contributed by atoms with Crippen LogP contribution in [0.4, 0.5) is 0 Å². The number of carboxylic acids is 1. The van der Waals surface area contributed by atoms with Gasteiger partial charge in [0.15, 0.2) is 6.04 Å². The third-order valence-corrected chi connectivity index (χ3v) is 2.82. The van der Waals surface area contributed by atoms with Gasteiger partial charge >= 0.3 is 5.97 Å². The predicted molar refractivity (Wildman–Crippen MR) is 63.2 cm³/mol. The van der Waals surface area contributed by atoms with Crippen molar-refractivity contribution in [1.82, 2.24) is 5.06 Å². The van der Waals surface area contributed by atoms with Crippen LogP contribution in [0.15, 0.2) is 35.9 Å². The van der Waals surface area contributed by atoms with Gasteiger partial charge in [-0.15, -0.1) is 0 Å². The Morgan fingerprint density at radius 2 is 2.17 bits per heavy atom. The third kappa shape index (κ3) is 2.65. The number of hydroxylamine groups is 2. The standard InChI is InChI=1S/C13H13NO4/c15-8-11-6-7-14(12(11)13(16)17)18-9-10-4-2-1-3-5-10/h1-5,12H,6-7,9H2,(H,16,17)/t12-/m0/s1. The van der Waals surface area contributed by atoms with Gasteiger partial charge in [-0.05, 0) is 12.0 Å².